The third kappa shape index (κ3) is 4.56. The Hall–Kier alpha value is -6.22. The molecule has 1 aliphatic rings. The molecule has 0 N–H and O–H groups in total. The molecule has 1 aromatic heterocycles. The topological polar surface area (TPSA) is 3.24 Å². The number of hydrogen-bond donors (Lipinski definition) is 0. The van der Waals surface area contributed by atoms with Crippen LogP contribution in [0.4, 0.5) is 17.1 Å². The minimum atomic E-state index is -0.0839. The summed E-state index contributed by atoms with van der Waals surface area (Å²) >= 11 is 1.87. The molecule has 10 aromatic rings. The number of hydrogen-bond acceptors (Lipinski definition) is 2. The van der Waals surface area contributed by atoms with Gasteiger partial charge in [-0.2, -0.15) is 0 Å². The maximum atomic E-state index is 2.48. The Morgan fingerprint density at radius 3 is 1.91 bits per heavy atom. The molecule has 9 aromatic carbocycles. The average Bonchev–Trinajstić information content (AvgIpc) is 3.69. The molecule has 2 heteroatoms. The van der Waals surface area contributed by atoms with Crippen molar-refractivity contribution in [2.24, 2.45) is 0 Å². The highest BCUT2D eigenvalue weighted by Crippen LogP contribution is 2.54. The molecule has 1 heterocycles. The van der Waals surface area contributed by atoms with Gasteiger partial charge in [-0.25, -0.2) is 0 Å². The van der Waals surface area contributed by atoms with Crippen LogP contribution in [0.1, 0.15) is 25.0 Å². The number of anilines is 3. The molecule has 1 aliphatic carbocycles. The summed E-state index contributed by atoms with van der Waals surface area (Å²) in [6, 6.07) is 65.4. The van der Waals surface area contributed by atoms with Gasteiger partial charge in [0.15, 0.2) is 0 Å². The van der Waals surface area contributed by atoms with E-state index in [1.54, 1.807) is 0 Å². The lowest BCUT2D eigenvalue weighted by Crippen LogP contribution is -2.16. The first-order chi connectivity index (χ1) is 26.0. The molecule has 0 amide bonds. The first-order valence-electron chi connectivity index (χ1n) is 18.4. The Labute approximate surface area is 313 Å². The SMILES string of the molecule is CC1(C)c2ccccc2-c2c(N(c3ccc(-c4ccc5ccc6c7ccccc7ccc6c5c4)cc3)c3ccc4c(c3)sc3ccccc34)cccc21. The molecule has 0 saturated heterocycles. The van der Waals surface area contributed by atoms with Crippen LogP contribution in [0.15, 0.2) is 176 Å². The van der Waals surface area contributed by atoms with Gasteiger partial charge in [0, 0.05) is 42.5 Å². The van der Waals surface area contributed by atoms with Gasteiger partial charge in [-0.05, 0) is 103 Å². The molecule has 0 unspecified atom stereocenters. The lowest BCUT2D eigenvalue weighted by molar-refractivity contribution is 0.660. The zero-order valence-corrected chi connectivity index (χ0v) is 30.4. The summed E-state index contributed by atoms with van der Waals surface area (Å²) in [5, 5.41) is 10.4. The van der Waals surface area contributed by atoms with Gasteiger partial charge in [0.05, 0.1) is 5.69 Å². The first-order valence-corrected chi connectivity index (χ1v) is 19.2. The molecule has 0 radical (unpaired) electrons. The summed E-state index contributed by atoms with van der Waals surface area (Å²) in [5.74, 6) is 0. The maximum Gasteiger partial charge on any atom is 0.0543 e. The van der Waals surface area contributed by atoms with Crippen LogP contribution in [-0.4, -0.2) is 0 Å². The van der Waals surface area contributed by atoms with Gasteiger partial charge in [0.2, 0.25) is 0 Å². The monoisotopic (exact) mass is 693 g/mol. The van der Waals surface area contributed by atoms with Crippen LogP contribution < -0.4 is 4.90 Å². The van der Waals surface area contributed by atoms with Gasteiger partial charge in [-0.1, -0.05) is 147 Å². The van der Waals surface area contributed by atoms with Crippen molar-refractivity contribution >= 4 is 80.9 Å². The molecule has 53 heavy (non-hydrogen) atoms. The Morgan fingerprint density at radius 1 is 0.415 bits per heavy atom. The van der Waals surface area contributed by atoms with Gasteiger partial charge in [-0.15, -0.1) is 11.3 Å². The van der Waals surface area contributed by atoms with Crippen LogP contribution >= 0.6 is 11.3 Å². The summed E-state index contributed by atoms with van der Waals surface area (Å²) in [7, 11) is 0. The van der Waals surface area contributed by atoms with Crippen LogP contribution in [0, 0.1) is 0 Å². The molecule has 0 fully saturated rings. The fourth-order valence-corrected chi connectivity index (χ4v) is 10.1. The third-order valence-electron chi connectivity index (χ3n) is 11.6. The largest absolute Gasteiger partial charge is 0.310 e. The molecule has 0 spiro atoms. The van der Waals surface area contributed by atoms with E-state index in [1.807, 2.05) is 11.3 Å². The minimum Gasteiger partial charge on any atom is -0.310 e. The van der Waals surface area contributed by atoms with Crippen molar-refractivity contribution in [3.05, 3.63) is 187 Å². The standard InChI is InChI=1S/C51H35NS/c1-51(2)45-14-7-5-13-43(45)50-46(51)15-9-16-47(50)52(37-26-29-42-41-12-6-8-17-48(41)53-49(42)31-37)36-24-20-32(21-25-36)35-19-18-34-23-27-39-38-11-4-3-10-33(38)22-28-40(39)44(34)30-35/h3-31H,1-2H3. The molecular weight excluding hydrogens is 659 g/mol. The van der Waals surface area contributed by atoms with Crippen molar-refractivity contribution in [2.75, 3.05) is 4.90 Å². The van der Waals surface area contributed by atoms with E-state index in [2.05, 4.69) is 195 Å². The predicted octanol–water partition coefficient (Wildman–Crippen LogP) is 15.0. The van der Waals surface area contributed by atoms with Crippen molar-refractivity contribution < 1.29 is 0 Å². The smallest absolute Gasteiger partial charge is 0.0543 e. The number of fused-ring (bicyclic) bond motifs is 11. The van der Waals surface area contributed by atoms with Crippen LogP contribution in [0.3, 0.4) is 0 Å². The summed E-state index contributed by atoms with van der Waals surface area (Å²) in [6.45, 7) is 4.72. The second-order valence-electron chi connectivity index (χ2n) is 14.9. The molecule has 11 rings (SSSR count). The molecule has 1 nitrogen and oxygen atoms in total. The van der Waals surface area contributed by atoms with Crippen molar-refractivity contribution in [3.63, 3.8) is 0 Å². The normalized spacial score (nSPS) is 13.2. The average molecular weight is 694 g/mol. The second kappa shape index (κ2) is 11.4. The molecule has 250 valence electrons. The van der Waals surface area contributed by atoms with Gasteiger partial charge >= 0.3 is 0 Å². The van der Waals surface area contributed by atoms with E-state index in [0.717, 1.165) is 11.4 Å². The van der Waals surface area contributed by atoms with Gasteiger partial charge < -0.3 is 4.90 Å². The van der Waals surface area contributed by atoms with E-state index in [4.69, 9.17) is 0 Å². The van der Waals surface area contributed by atoms with Crippen LogP contribution in [0.5, 0.6) is 0 Å². The van der Waals surface area contributed by atoms with Crippen molar-refractivity contribution in [3.8, 4) is 22.3 Å². The minimum absolute atomic E-state index is 0.0839. The summed E-state index contributed by atoms with van der Waals surface area (Å²) in [4.78, 5) is 2.48. The van der Waals surface area contributed by atoms with Crippen molar-refractivity contribution in [1.82, 2.24) is 0 Å². The lowest BCUT2D eigenvalue weighted by Gasteiger charge is -2.29. The van der Waals surface area contributed by atoms with Crippen LogP contribution in [0.2, 0.25) is 0 Å². The molecule has 0 atom stereocenters. The zero-order valence-electron chi connectivity index (χ0n) is 29.6. The van der Waals surface area contributed by atoms with Gasteiger partial charge in [-0.3, -0.25) is 0 Å². The van der Waals surface area contributed by atoms with E-state index < -0.39 is 0 Å². The number of nitrogens with zero attached hydrogens (tertiary/aromatic N) is 1. The highest BCUT2D eigenvalue weighted by Gasteiger charge is 2.37. The quantitative estimate of drug-likeness (QED) is 0.166. The van der Waals surface area contributed by atoms with Gasteiger partial charge in [0.25, 0.3) is 0 Å². The van der Waals surface area contributed by atoms with Gasteiger partial charge in [0.1, 0.15) is 0 Å². The van der Waals surface area contributed by atoms with E-state index in [0.29, 0.717) is 0 Å². The highest BCUT2D eigenvalue weighted by molar-refractivity contribution is 7.25. The summed E-state index contributed by atoms with van der Waals surface area (Å²) in [5.41, 5.74) is 11.3. The molecule has 0 bridgehead atoms. The summed E-state index contributed by atoms with van der Waals surface area (Å²) < 4.78 is 2.62. The highest BCUT2D eigenvalue weighted by atomic mass is 32.1. The fourth-order valence-electron chi connectivity index (χ4n) is 9.00. The van der Waals surface area contributed by atoms with E-state index in [9.17, 15) is 0 Å². The van der Waals surface area contributed by atoms with Crippen LogP contribution in [-0.2, 0) is 5.41 Å². The lowest BCUT2D eigenvalue weighted by atomic mass is 9.82. The molecule has 0 aliphatic heterocycles. The number of thiophene rings is 1. The Bertz CT molecular complexity index is 3090. The Morgan fingerprint density at radius 2 is 1.04 bits per heavy atom. The van der Waals surface area contributed by atoms with Crippen LogP contribution in [0.25, 0.3) is 74.7 Å². The predicted molar refractivity (Wildman–Crippen MR) is 230 cm³/mol. The van der Waals surface area contributed by atoms with E-state index >= 15 is 0 Å². The maximum absolute atomic E-state index is 2.48. The summed E-state index contributed by atoms with van der Waals surface area (Å²) in [6.07, 6.45) is 0. The Balaban J connectivity index is 1.08. The number of benzene rings is 9. The third-order valence-corrected chi connectivity index (χ3v) is 12.8. The van der Waals surface area contributed by atoms with Crippen molar-refractivity contribution in [1.29, 1.82) is 0 Å². The van der Waals surface area contributed by atoms with E-state index in [-0.39, 0.29) is 5.41 Å². The zero-order chi connectivity index (χ0) is 35.3. The molecule has 0 saturated carbocycles. The second-order valence-corrected chi connectivity index (χ2v) is 16.0. The molecular formula is C51H35NS. The fraction of sp³-hybridized carbons (Fsp3) is 0.0588. The van der Waals surface area contributed by atoms with E-state index in [1.165, 1.54) is 91.6 Å². The Kier molecular flexibility index (Phi) is 6.53. The first kappa shape index (κ1) is 30.4. The number of rotatable bonds is 4. The van der Waals surface area contributed by atoms with Crippen molar-refractivity contribution in [2.45, 2.75) is 19.3 Å².